The lowest BCUT2D eigenvalue weighted by Crippen LogP contribution is -2.28. The second kappa shape index (κ2) is 7.52. The molecule has 6 nitrogen and oxygen atoms in total. The molecule has 6 heteroatoms. The Morgan fingerprint density at radius 3 is 2.83 bits per heavy atom. The molecule has 0 saturated heterocycles. The van der Waals surface area contributed by atoms with E-state index in [1.54, 1.807) is 41.3 Å². The van der Waals surface area contributed by atoms with Crippen LogP contribution >= 0.6 is 0 Å². The summed E-state index contributed by atoms with van der Waals surface area (Å²) in [6, 6.07) is 14.5. The third kappa shape index (κ3) is 4.05. The minimum absolute atomic E-state index is 0.110. The maximum Gasteiger partial charge on any atom is 0.251 e. The first-order valence-electron chi connectivity index (χ1n) is 7.66. The molecule has 122 valence electrons. The van der Waals surface area contributed by atoms with Gasteiger partial charge in [-0.25, -0.2) is 0 Å². The van der Waals surface area contributed by atoms with Gasteiger partial charge in [0.05, 0.1) is 12.2 Å². The van der Waals surface area contributed by atoms with Crippen molar-refractivity contribution in [2.45, 2.75) is 12.6 Å². The first kappa shape index (κ1) is 15.9. The number of aliphatic hydroxyl groups excluding tert-OH is 1. The molecule has 3 aromatic rings. The van der Waals surface area contributed by atoms with Gasteiger partial charge in [-0.1, -0.05) is 18.2 Å². The second-order valence-corrected chi connectivity index (χ2v) is 5.38. The predicted octanol–water partition coefficient (Wildman–Crippen LogP) is 1.79. The normalized spacial score (nSPS) is 11.9. The number of aliphatic hydroxyl groups is 1. The average molecular weight is 322 g/mol. The molecule has 0 spiro atoms. The van der Waals surface area contributed by atoms with Gasteiger partial charge in [0.15, 0.2) is 0 Å². The molecule has 1 unspecified atom stereocenters. The van der Waals surface area contributed by atoms with Gasteiger partial charge in [0.25, 0.3) is 5.91 Å². The number of aromatic nitrogens is 3. The summed E-state index contributed by atoms with van der Waals surface area (Å²) in [6.45, 7) is 0.712. The molecular formula is C18H18N4O2. The molecule has 0 aliphatic rings. The smallest absolute Gasteiger partial charge is 0.251 e. The molecule has 2 heterocycles. The topological polar surface area (TPSA) is 80.0 Å². The van der Waals surface area contributed by atoms with Crippen molar-refractivity contribution in [2.24, 2.45) is 0 Å². The van der Waals surface area contributed by atoms with Crippen LogP contribution in [0.25, 0.3) is 0 Å². The molecule has 0 aliphatic carbocycles. The van der Waals surface area contributed by atoms with Crippen LogP contribution in [0.3, 0.4) is 0 Å². The zero-order valence-corrected chi connectivity index (χ0v) is 13.0. The van der Waals surface area contributed by atoms with Crippen LogP contribution in [0.15, 0.2) is 67.1 Å². The number of nitrogens with one attached hydrogen (secondary N) is 1. The van der Waals surface area contributed by atoms with Gasteiger partial charge in [-0.05, 0) is 35.9 Å². The first-order valence-corrected chi connectivity index (χ1v) is 7.66. The molecule has 3 rings (SSSR count). The molecule has 0 saturated carbocycles. The van der Waals surface area contributed by atoms with E-state index in [0.29, 0.717) is 17.8 Å². The van der Waals surface area contributed by atoms with Crippen molar-refractivity contribution >= 4 is 5.91 Å². The molecule has 2 N–H and O–H groups in total. The standard InChI is InChI=1S/C18H18N4O2/c23-17(16-7-1-2-8-19-16)12-20-18(24)15-6-3-5-14(11-15)13-22-10-4-9-21-22/h1-11,17,23H,12-13H2,(H,20,24). The van der Waals surface area contributed by atoms with Crippen LogP contribution in [0.2, 0.25) is 0 Å². The van der Waals surface area contributed by atoms with Gasteiger partial charge in [-0.3, -0.25) is 14.5 Å². The van der Waals surface area contributed by atoms with Gasteiger partial charge < -0.3 is 10.4 Å². The molecule has 24 heavy (non-hydrogen) atoms. The molecule has 0 radical (unpaired) electrons. The molecule has 1 aromatic carbocycles. The van der Waals surface area contributed by atoms with Crippen LogP contribution in [0.4, 0.5) is 0 Å². The largest absolute Gasteiger partial charge is 0.385 e. The maximum absolute atomic E-state index is 12.3. The predicted molar refractivity (Wildman–Crippen MR) is 89.3 cm³/mol. The Morgan fingerprint density at radius 1 is 1.17 bits per heavy atom. The Kier molecular flexibility index (Phi) is 4.98. The van der Waals surface area contributed by atoms with E-state index in [9.17, 15) is 9.90 Å². The molecule has 1 amide bonds. The van der Waals surface area contributed by atoms with Crippen LogP contribution in [0.5, 0.6) is 0 Å². The van der Waals surface area contributed by atoms with Gasteiger partial charge in [-0.2, -0.15) is 5.10 Å². The minimum Gasteiger partial charge on any atom is -0.385 e. The Hall–Kier alpha value is -2.99. The molecular weight excluding hydrogens is 304 g/mol. The van der Waals surface area contributed by atoms with E-state index >= 15 is 0 Å². The van der Waals surface area contributed by atoms with Gasteiger partial charge in [0.2, 0.25) is 0 Å². The van der Waals surface area contributed by atoms with Crippen LogP contribution in [0, 0.1) is 0 Å². The van der Waals surface area contributed by atoms with Crippen LogP contribution in [0.1, 0.15) is 27.7 Å². The Labute approximate surface area is 139 Å². The van der Waals surface area contributed by atoms with E-state index < -0.39 is 6.10 Å². The molecule has 2 aromatic heterocycles. The number of rotatable bonds is 6. The molecule has 1 atom stereocenters. The highest BCUT2D eigenvalue weighted by molar-refractivity contribution is 5.94. The Morgan fingerprint density at radius 2 is 2.08 bits per heavy atom. The summed E-state index contributed by atoms with van der Waals surface area (Å²) >= 11 is 0. The fourth-order valence-corrected chi connectivity index (χ4v) is 2.36. The summed E-state index contributed by atoms with van der Waals surface area (Å²) in [5, 5.41) is 16.9. The van der Waals surface area contributed by atoms with E-state index in [0.717, 1.165) is 5.56 Å². The van der Waals surface area contributed by atoms with Crippen LogP contribution in [-0.4, -0.2) is 32.3 Å². The highest BCUT2D eigenvalue weighted by Gasteiger charge is 2.12. The van der Waals surface area contributed by atoms with E-state index in [2.05, 4.69) is 15.4 Å². The number of amides is 1. The molecule has 0 bridgehead atoms. The lowest BCUT2D eigenvalue weighted by atomic mass is 10.1. The quantitative estimate of drug-likeness (QED) is 0.725. The third-order valence-corrected chi connectivity index (χ3v) is 3.58. The van der Waals surface area contributed by atoms with Gasteiger partial charge in [0, 0.05) is 30.7 Å². The molecule has 0 fully saturated rings. The number of nitrogens with zero attached hydrogens (tertiary/aromatic N) is 3. The SMILES string of the molecule is O=C(NCC(O)c1ccccn1)c1cccc(Cn2cccn2)c1. The summed E-state index contributed by atoms with van der Waals surface area (Å²) in [5.41, 5.74) is 2.06. The summed E-state index contributed by atoms with van der Waals surface area (Å²) in [5.74, 6) is -0.229. The zero-order chi connectivity index (χ0) is 16.8. The number of hydrogen-bond acceptors (Lipinski definition) is 4. The monoisotopic (exact) mass is 322 g/mol. The van der Waals surface area contributed by atoms with Gasteiger partial charge in [-0.15, -0.1) is 0 Å². The highest BCUT2D eigenvalue weighted by atomic mass is 16.3. The lowest BCUT2D eigenvalue weighted by Gasteiger charge is -2.12. The van der Waals surface area contributed by atoms with Crippen molar-refractivity contribution in [2.75, 3.05) is 6.54 Å². The summed E-state index contributed by atoms with van der Waals surface area (Å²) in [4.78, 5) is 16.3. The number of hydrogen-bond donors (Lipinski definition) is 2. The average Bonchev–Trinajstić information content (AvgIpc) is 3.13. The van der Waals surface area contributed by atoms with Crippen molar-refractivity contribution in [3.8, 4) is 0 Å². The Bertz CT molecular complexity index is 788. The van der Waals surface area contributed by atoms with Crippen molar-refractivity contribution in [3.63, 3.8) is 0 Å². The van der Waals surface area contributed by atoms with Crippen molar-refractivity contribution in [1.29, 1.82) is 0 Å². The first-order chi connectivity index (χ1) is 11.7. The minimum atomic E-state index is -0.831. The fraction of sp³-hybridized carbons (Fsp3) is 0.167. The van der Waals surface area contributed by atoms with Gasteiger partial charge in [0.1, 0.15) is 6.10 Å². The third-order valence-electron chi connectivity index (χ3n) is 3.58. The maximum atomic E-state index is 12.3. The number of benzene rings is 1. The lowest BCUT2D eigenvalue weighted by molar-refractivity contribution is 0.0914. The highest BCUT2D eigenvalue weighted by Crippen LogP contribution is 2.10. The number of pyridine rings is 1. The zero-order valence-electron chi connectivity index (χ0n) is 13.0. The fourth-order valence-electron chi connectivity index (χ4n) is 2.36. The second-order valence-electron chi connectivity index (χ2n) is 5.38. The number of carbonyl (C=O) groups excluding carboxylic acids is 1. The summed E-state index contributed by atoms with van der Waals surface area (Å²) in [7, 11) is 0. The van der Waals surface area contributed by atoms with E-state index in [-0.39, 0.29) is 12.5 Å². The van der Waals surface area contributed by atoms with E-state index in [4.69, 9.17) is 0 Å². The van der Waals surface area contributed by atoms with Crippen LogP contribution < -0.4 is 5.32 Å². The van der Waals surface area contributed by atoms with Crippen molar-refractivity contribution < 1.29 is 9.90 Å². The van der Waals surface area contributed by atoms with Crippen molar-refractivity contribution in [1.82, 2.24) is 20.1 Å². The number of carbonyl (C=O) groups is 1. The van der Waals surface area contributed by atoms with E-state index in [1.165, 1.54) is 0 Å². The van der Waals surface area contributed by atoms with Crippen molar-refractivity contribution in [3.05, 3.63) is 83.9 Å². The summed E-state index contributed by atoms with van der Waals surface area (Å²) < 4.78 is 1.79. The summed E-state index contributed by atoms with van der Waals surface area (Å²) in [6.07, 6.45) is 4.37. The molecule has 0 aliphatic heterocycles. The van der Waals surface area contributed by atoms with E-state index in [1.807, 2.05) is 30.5 Å². The van der Waals surface area contributed by atoms with Crippen LogP contribution in [-0.2, 0) is 6.54 Å². The van der Waals surface area contributed by atoms with Gasteiger partial charge >= 0.3 is 0 Å². The Balaban J connectivity index is 1.60.